The lowest BCUT2D eigenvalue weighted by Gasteiger charge is -2.11. The highest BCUT2D eigenvalue weighted by Gasteiger charge is 2.09. The van der Waals surface area contributed by atoms with Gasteiger partial charge in [-0.1, -0.05) is 40.9 Å². The lowest BCUT2D eigenvalue weighted by molar-refractivity contribution is 1.16. The zero-order chi connectivity index (χ0) is 13.8. The van der Waals surface area contributed by atoms with Crippen LogP contribution in [0.4, 0.5) is 17.3 Å². The molecule has 0 aliphatic heterocycles. The first-order chi connectivity index (χ1) is 9.10. The van der Waals surface area contributed by atoms with Gasteiger partial charge >= 0.3 is 0 Å². The van der Waals surface area contributed by atoms with Crippen LogP contribution in [0.15, 0.2) is 30.3 Å². The van der Waals surface area contributed by atoms with E-state index in [4.69, 9.17) is 23.2 Å². The minimum atomic E-state index is 0.493. The van der Waals surface area contributed by atoms with Crippen molar-refractivity contribution in [2.75, 3.05) is 17.2 Å². The molecule has 0 saturated heterocycles. The average Bonchev–Trinajstić information content (AvgIpc) is 2.38. The maximum absolute atomic E-state index is 6.15. The van der Waals surface area contributed by atoms with Crippen LogP contribution in [-0.4, -0.2) is 11.5 Å². The molecule has 3 nitrogen and oxygen atoms in total. The minimum absolute atomic E-state index is 0.493. The molecule has 2 N–H and O–H groups in total. The molecule has 5 heteroatoms. The van der Waals surface area contributed by atoms with E-state index in [2.05, 4.69) is 15.6 Å². The van der Waals surface area contributed by atoms with Crippen molar-refractivity contribution in [1.29, 1.82) is 0 Å². The van der Waals surface area contributed by atoms with Gasteiger partial charge in [0.1, 0.15) is 5.82 Å². The molecule has 0 unspecified atom stereocenters. The molecule has 2 rings (SSSR count). The summed E-state index contributed by atoms with van der Waals surface area (Å²) in [6.07, 6.45) is 0. The lowest BCUT2D eigenvalue weighted by Crippen LogP contribution is -2.03. The van der Waals surface area contributed by atoms with Gasteiger partial charge in [0.05, 0.1) is 10.0 Å². The van der Waals surface area contributed by atoms with Crippen LogP contribution in [0.2, 0.25) is 10.0 Å². The molecule has 1 aromatic carbocycles. The number of anilines is 3. The number of aryl methyl sites for hydroxylation is 1. The molecule has 0 radical (unpaired) electrons. The monoisotopic (exact) mass is 295 g/mol. The first kappa shape index (κ1) is 14.0. The Labute approximate surface area is 123 Å². The van der Waals surface area contributed by atoms with Crippen molar-refractivity contribution in [3.05, 3.63) is 45.9 Å². The molecular formula is C14H15Cl2N3. The van der Waals surface area contributed by atoms with Gasteiger partial charge in [-0.2, -0.15) is 0 Å². The van der Waals surface area contributed by atoms with Crippen LogP contribution in [0.3, 0.4) is 0 Å². The number of rotatable bonds is 4. The molecule has 19 heavy (non-hydrogen) atoms. The van der Waals surface area contributed by atoms with E-state index in [-0.39, 0.29) is 0 Å². The molecule has 100 valence electrons. The topological polar surface area (TPSA) is 37.0 Å². The third-order valence-corrected chi connectivity index (χ3v) is 3.16. The number of nitrogens with zero attached hydrogens (tertiary/aromatic N) is 1. The Balaban J connectivity index is 2.28. The second-order valence-corrected chi connectivity index (χ2v) is 4.98. The van der Waals surface area contributed by atoms with Gasteiger partial charge in [0.25, 0.3) is 0 Å². The third-order valence-electron chi connectivity index (χ3n) is 2.59. The Morgan fingerprint density at radius 1 is 1.05 bits per heavy atom. The quantitative estimate of drug-likeness (QED) is 0.845. The van der Waals surface area contributed by atoms with Crippen molar-refractivity contribution in [2.24, 2.45) is 0 Å². The lowest BCUT2D eigenvalue weighted by atomic mass is 10.2. The van der Waals surface area contributed by atoms with E-state index in [9.17, 15) is 0 Å². The van der Waals surface area contributed by atoms with Crippen LogP contribution in [0, 0.1) is 6.92 Å². The van der Waals surface area contributed by atoms with Gasteiger partial charge in [0.2, 0.25) is 0 Å². The molecular weight excluding hydrogens is 281 g/mol. The fourth-order valence-corrected chi connectivity index (χ4v) is 2.09. The molecule has 0 aliphatic rings. The van der Waals surface area contributed by atoms with E-state index in [1.54, 1.807) is 6.07 Å². The summed E-state index contributed by atoms with van der Waals surface area (Å²) < 4.78 is 0. The number of hydrogen-bond donors (Lipinski definition) is 2. The average molecular weight is 296 g/mol. The standard InChI is InChI=1S/C14H15Cl2N3/c1-3-17-13-11(15)8-12(16)14(19-13)18-10-6-4-9(2)5-7-10/h4-8H,3H2,1-2H3,(H2,17,18,19). The number of benzene rings is 1. The normalized spacial score (nSPS) is 10.3. The second kappa shape index (κ2) is 6.13. The number of aromatic nitrogens is 1. The van der Waals surface area contributed by atoms with Crippen molar-refractivity contribution in [2.45, 2.75) is 13.8 Å². The van der Waals surface area contributed by atoms with Crippen LogP contribution in [-0.2, 0) is 0 Å². The zero-order valence-corrected chi connectivity index (χ0v) is 12.3. The molecule has 0 amide bonds. The van der Waals surface area contributed by atoms with Crippen LogP contribution in [0.1, 0.15) is 12.5 Å². The predicted octanol–water partition coefficient (Wildman–Crippen LogP) is 4.87. The van der Waals surface area contributed by atoms with Crippen molar-refractivity contribution in [1.82, 2.24) is 4.98 Å². The summed E-state index contributed by atoms with van der Waals surface area (Å²) in [4.78, 5) is 4.39. The fraction of sp³-hybridized carbons (Fsp3) is 0.214. The summed E-state index contributed by atoms with van der Waals surface area (Å²) in [5, 5.41) is 7.29. The highest BCUT2D eigenvalue weighted by molar-refractivity contribution is 6.37. The summed E-state index contributed by atoms with van der Waals surface area (Å²) in [5.74, 6) is 1.22. The fourth-order valence-electron chi connectivity index (χ4n) is 1.62. The number of nitrogens with one attached hydrogen (secondary N) is 2. The molecule has 0 fully saturated rings. The van der Waals surface area contributed by atoms with Gasteiger partial charge in [-0.05, 0) is 32.0 Å². The molecule has 0 spiro atoms. The van der Waals surface area contributed by atoms with E-state index >= 15 is 0 Å². The first-order valence-electron chi connectivity index (χ1n) is 6.03. The van der Waals surface area contributed by atoms with Crippen molar-refractivity contribution in [3.8, 4) is 0 Å². The SMILES string of the molecule is CCNc1nc(Nc2ccc(C)cc2)c(Cl)cc1Cl. The van der Waals surface area contributed by atoms with Gasteiger partial charge in [-0.3, -0.25) is 0 Å². The first-order valence-corrected chi connectivity index (χ1v) is 6.79. The number of halogens is 2. The highest BCUT2D eigenvalue weighted by Crippen LogP contribution is 2.30. The third kappa shape index (κ3) is 3.52. The van der Waals surface area contributed by atoms with Crippen molar-refractivity contribution in [3.63, 3.8) is 0 Å². The molecule has 0 atom stereocenters. The van der Waals surface area contributed by atoms with Crippen LogP contribution in [0.5, 0.6) is 0 Å². The molecule has 1 heterocycles. The summed E-state index contributed by atoms with van der Waals surface area (Å²) in [5.41, 5.74) is 2.14. The van der Waals surface area contributed by atoms with Crippen molar-refractivity contribution < 1.29 is 0 Å². The van der Waals surface area contributed by atoms with E-state index in [0.29, 0.717) is 21.7 Å². The molecule has 0 bridgehead atoms. The van der Waals surface area contributed by atoms with Gasteiger partial charge in [-0.15, -0.1) is 0 Å². The second-order valence-electron chi connectivity index (χ2n) is 4.17. The Morgan fingerprint density at radius 2 is 1.68 bits per heavy atom. The largest absolute Gasteiger partial charge is 0.369 e. The van der Waals surface area contributed by atoms with Crippen LogP contribution < -0.4 is 10.6 Å². The van der Waals surface area contributed by atoms with Crippen LogP contribution in [0.25, 0.3) is 0 Å². The summed E-state index contributed by atoms with van der Waals surface area (Å²) in [6, 6.07) is 9.70. The maximum Gasteiger partial charge on any atom is 0.151 e. The summed E-state index contributed by atoms with van der Waals surface area (Å²) >= 11 is 12.2. The van der Waals surface area contributed by atoms with Gasteiger partial charge in [0.15, 0.2) is 5.82 Å². The van der Waals surface area contributed by atoms with Gasteiger partial charge in [0, 0.05) is 12.2 Å². The molecule has 0 aliphatic carbocycles. The maximum atomic E-state index is 6.15. The van der Waals surface area contributed by atoms with Crippen molar-refractivity contribution >= 4 is 40.5 Å². The van der Waals surface area contributed by atoms with E-state index in [0.717, 1.165) is 12.2 Å². The Hall–Kier alpha value is -1.45. The number of pyridine rings is 1. The zero-order valence-electron chi connectivity index (χ0n) is 10.8. The summed E-state index contributed by atoms with van der Waals surface area (Å²) in [7, 11) is 0. The van der Waals surface area contributed by atoms with E-state index in [1.807, 2.05) is 38.1 Å². The Bertz CT molecular complexity index is 568. The number of hydrogen-bond acceptors (Lipinski definition) is 3. The van der Waals surface area contributed by atoms with E-state index < -0.39 is 0 Å². The van der Waals surface area contributed by atoms with E-state index in [1.165, 1.54) is 5.56 Å². The van der Waals surface area contributed by atoms with Gasteiger partial charge < -0.3 is 10.6 Å². The van der Waals surface area contributed by atoms with Crippen LogP contribution >= 0.6 is 23.2 Å². The predicted molar refractivity (Wildman–Crippen MR) is 82.9 cm³/mol. The summed E-state index contributed by atoms with van der Waals surface area (Å²) in [6.45, 7) is 4.78. The smallest absolute Gasteiger partial charge is 0.151 e. The minimum Gasteiger partial charge on any atom is -0.369 e. The highest BCUT2D eigenvalue weighted by atomic mass is 35.5. The Kier molecular flexibility index (Phi) is 4.51. The molecule has 2 aromatic rings. The molecule has 0 saturated carbocycles. The Morgan fingerprint density at radius 3 is 2.32 bits per heavy atom. The van der Waals surface area contributed by atoms with Gasteiger partial charge in [-0.25, -0.2) is 4.98 Å². The molecule has 1 aromatic heterocycles.